The van der Waals surface area contributed by atoms with Crippen LogP contribution < -0.4 is 10.6 Å². The number of benzene rings is 1. The third-order valence-electron chi connectivity index (χ3n) is 4.42. The Morgan fingerprint density at radius 1 is 1.22 bits per heavy atom. The number of H-pyrrole nitrogens is 1. The van der Waals surface area contributed by atoms with Crippen molar-refractivity contribution in [3.05, 3.63) is 41.2 Å². The molecule has 0 aliphatic carbocycles. The van der Waals surface area contributed by atoms with E-state index in [1.54, 1.807) is 0 Å². The summed E-state index contributed by atoms with van der Waals surface area (Å²) in [7, 11) is 0. The number of fused-ring (bicyclic) bond motifs is 2. The Kier molecular flexibility index (Phi) is 3.88. The van der Waals surface area contributed by atoms with Crippen molar-refractivity contribution in [1.82, 2.24) is 20.3 Å². The summed E-state index contributed by atoms with van der Waals surface area (Å²) in [4.78, 5) is 24.9. The minimum atomic E-state index is -0.202. The number of aromatic amines is 1. The number of terminal acetylenes is 1. The van der Waals surface area contributed by atoms with Crippen LogP contribution in [0.4, 0.5) is 5.82 Å². The number of carbonyl (C=O) groups is 1. The van der Waals surface area contributed by atoms with Gasteiger partial charge in [-0.15, -0.1) is 6.42 Å². The van der Waals surface area contributed by atoms with Crippen molar-refractivity contribution in [3.63, 3.8) is 0 Å². The fourth-order valence-corrected chi connectivity index (χ4v) is 3.28. The van der Waals surface area contributed by atoms with Crippen LogP contribution in [0, 0.1) is 12.3 Å². The van der Waals surface area contributed by atoms with Gasteiger partial charge in [-0.3, -0.25) is 4.79 Å². The van der Waals surface area contributed by atoms with Crippen molar-refractivity contribution in [2.75, 3.05) is 11.9 Å². The molecule has 0 radical (unpaired) electrons. The van der Waals surface area contributed by atoms with Crippen molar-refractivity contribution < 1.29 is 4.79 Å². The zero-order valence-electron chi connectivity index (χ0n) is 15.6. The number of carbonyl (C=O) groups excluding carboxylic acids is 1. The lowest BCUT2D eigenvalue weighted by Crippen LogP contribution is -2.31. The molecule has 0 saturated heterocycles. The number of nitrogens with zero attached hydrogens (tertiary/aromatic N) is 2. The van der Waals surface area contributed by atoms with E-state index in [-0.39, 0.29) is 11.4 Å². The molecule has 0 bridgehead atoms. The summed E-state index contributed by atoms with van der Waals surface area (Å²) in [5.41, 5.74) is 5.13. The first-order valence-electron chi connectivity index (χ1n) is 8.92. The molecule has 6 heteroatoms. The first-order valence-corrected chi connectivity index (χ1v) is 8.92. The van der Waals surface area contributed by atoms with Gasteiger partial charge in [0.25, 0.3) is 5.91 Å². The highest BCUT2D eigenvalue weighted by Crippen LogP contribution is 2.30. The minimum absolute atomic E-state index is 0.0465. The van der Waals surface area contributed by atoms with Gasteiger partial charge < -0.3 is 15.6 Å². The molecule has 136 valence electrons. The highest BCUT2D eigenvalue weighted by atomic mass is 16.1. The summed E-state index contributed by atoms with van der Waals surface area (Å²) >= 11 is 0. The maximum absolute atomic E-state index is 12.1. The number of hydrogen-bond acceptors (Lipinski definition) is 4. The van der Waals surface area contributed by atoms with Gasteiger partial charge in [0.2, 0.25) is 0 Å². The summed E-state index contributed by atoms with van der Waals surface area (Å²) in [6, 6.07) is 7.67. The number of hydrogen-bond donors (Lipinski definition) is 3. The number of anilines is 1. The molecule has 27 heavy (non-hydrogen) atoms. The van der Waals surface area contributed by atoms with Crippen molar-refractivity contribution in [2.24, 2.45) is 0 Å². The second-order valence-electron chi connectivity index (χ2n) is 7.69. The third-order valence-corrected chi connectivity index (χ3v) is 4.42. The fourth-order valence-electron chi connectivity index (χ4n) is 3.28. The molecule has 6 nitrogen and oxygen atoms in total. The lowest BCUT2D eigenvalue weighted by Gasteiger charge is -2.22. The van der Waals surface area contributed by atoms with Crippen LogP contribution >= 0.6 is 0 Å². The number of nitrogens with one attached hydrogen (secondary N) is 3. The molecule has 2 aromatic heterocycles. The van der Waals surface area contributed by atoms with Gasteiger partial charge in [0.15, 0.2) is 11.5 Å². The topological polar surface area (TPSA) is 82.7 Å². The van der Waals surface area contributed by atoms with Crippen LogP contribution in [-0.4, -0.2) is 32.9 Å². The molecule has 3 N–H and O–H groups in total. The summed E-state index contributed by atoms with van der Waals surface area (Å²) in [5, 5.41) is 6.21. The Morgan fingerprint density at radius 3 is 2.74 bits per heavy atom. The van der Waals surface area contributed by atoms with Crippen molar-refractivity contribution in [2.45, 2.75) is 32.7 Å². The molecule has 0 saturated carbocycles. The fraction of sp³-hybridized carbons (Fsp3) is 0.286. The minimum Gasteiger partial charge on any atom is -0.363 e. The molecule has 1 amide bonds. The number of rotatable bonds is 2. The SMILES string of the molecule is C#Cc1nc2cccc(-c3cc4c([nH]3)CCNC4=O)c2nc1NC(C)(C)C. The molecule has 0 fully saturated rings. The van der Waals surface area contributed by atoms with Crippen LogP contribution in [0.3, 0.4) is 0 Å². The predicted molar refractivity (Wildman–Crippen MR) is 107 cm³/mol. The smallest absolute Gasteiger partial charge is 0.253 e. The second kappa shape index (κ2) is 6.13. The second-order valence-corrected chi connectivity index (χ2v) is 7.69. The number of amides is 1. The predicted octanol–water partition coefficient (Wildman–Crippen LogP) is 3.10. The van der Waals surface area contributed by atoms with Crippen molar-refractivity contribution in [1.29, 1.82) is 0 Å². The molecule has 0 unspecified atom stereocenters. The van der Waals surface area contributed by atoms with Gasteiger partial charge in [0.05, 0.1) is 11.1 Å². The highest BCUT2D eigenvalue weighted by Gasteiger charge is 2.22. The van der Waals surface area contributed by atoms with Gasteiger partial charge in [-0.1, -0.05) is 12.1 Å². The Bertz CT molecular complexity index is 1100. The van der Waals surface area contributed by atoms with Crippen LogP contribution in [0.5, 0.6) is 0 Å². The van der Waals surface area contributed by atoms with Gasteiger partial charge in [-0.25, -0.2) is 9.97 Å². The maximum atomic E-state index is 12.1. The van der Waals surface area contributed by atoms with E-state index in [2.05, 4.69) is 26.5 Å². The first kappa shape index (κ1) is 17.1. The van der Waals surface area contributed by atoms with Crippen LogP contribution in [0.2, 0.25) is 0 Å². The Morgan fingerprint density at radius 2 is 2.04 bits per heavy atom. The zero-order chi connectivity index (χ0) is 19.2. The normalized spacial score (nSPS) is 13.8. The van der Waals surface area contributed by atoms with E-state index in [0.29, 0.717) is 23.6 Å². The van der Waals surface area contributed by atoms with Crippen molar-refractivity contribution in [3.8, 4) is 23.6 Å². The maximum Gasteiger partial charge on any atom is 0.253 e. The average Bonchev–Trinajstić information content (AvgIpc) is 3.05. The van der Waals surface area contributed by atoms with Crippen LogP contribution in [-0.2, 0) is 6.42 Å². The molecule has 4 rings (SSSR count). The molecule has 0 atom stereocenters. The summed E-state index contributed by atoms with van der Waals surface area (Å²) in [5.74, 6) is 3.15. The Balaban J connectivity index is 1.90. The molecular formula is C21H21N5O. The van der Waals surface area contributed by atoms with Gasteiger partial charge in [0, 0.05) is 35.5 Å². The molecule has 1 aliphatic rings. The van der Waals surface area contributed by atoms with E-state index in [4.69, 9.17) is 11.4 Å². The van der Waals surface area contributed by atoms with E-state index >= 15 is 0 Å². The summed E-state index contributed by atoms with van der Waals surface area (Å²) < 4.78 is 0. The van der Waals surface area contributed by atoms with E-state index in [0.717, 1.165) is 34.4 Å². The molecule has 3 aromatic rings. The summed E-state index contributed by atoms with van der Waals surface area (Å²) in [6.07, 6.45) is 6.44. The molecule has 1 aliphatic heterocycles. The largest absolute Gasteiger partial charge is 0.363 e. The van der Waals surface area contributed by atoms with Crippen LogP contribution in [0.15, 0.2) is 24.3 Å². The molecule has 1 aromatic carbocycles. The number of para-hydroxylation sites is 1. The van der Waals surface area contributed by atoms with E-state index in [1.807, 2.05) is 45.0 Å². The number of aromatic nitrogens is 3. The first-order chi connectivity index (χ1) is 12.9. The van der Waals surface area contributed by atoms with Gasteiger partial charge in [-0.05, 0) is 38.8 Å². The molecule has 3 heterocycles. The third kappa shape index (κ3) is 3.13. The highest BCUT2D eigenvalue weighted by molar-refractivity contribution is 5.99. The monoisotopic (exact) mass is 359 g/mol. The average molecular weight is 359 g/mol. The van der Waals surface area contributed by atoms with Crippen molar-refractivity contribution >= 4 is 22.8 Å². The lowest BCUT2D eigenvalue weighted by molar-refractivity contribution is 0.0946. The standard InChI is InChI=1S/C21H21N5O/c1-5-14-19(26-21(2,3)4)25-18-12(7-6-8-16(18)23-14)17-11-13-15(24-17)9-10-22-20(13)27/h1,6-8,11,24H,9-10H2,2-4H3,(H,22,27)(H,25,26). The van der Waals surface area contributed by atoms with Crippen LogP contribution in [0.1, 0.15) is 42.5 Å². The van der Waals surface area contributed by atoms with Crippen LogP contribution in [0.25, 0.3) is 22.3 Å². The van der Waals surface area contributed by atoms with E-state index in [9.17, 15) is 4.79 Å². The lowest BCUT2D eigenvalue weighted by atomic mass is 10.1. The summed E-state index contributed by atoms with van der Waals surface area (Å²) in [6.45, 7) is 6.78. The van der Waals surface area contributed by atoms with Gasteiger partial charge >= 0.3 is 0 Å². The zero-order valence-corrected chi connectivity index (χ0v) is 15.6. The van der Waals surface area contributed by atoms with E-state index < -0.39 is 0 Å². The van der Waals surface area contributed by atoms with E-state index in [1.165, 1.54) is 0 Å². The quantitative estimate of drug-likeness (QED) is 0.614. The Hall–Kier alpha value is -3.33. The van der Waals surface area contributed by atoms with Gasteiger partial charge in [-0.2, -0.15) is 0 Å². The Labute approximate surface area is 157 Å². The molecule has 0 spiro atoms. The van der Waals surface area contributed by atoms with Gasteiger partial charge in [0.1, 0.15) is 5.52 Å². The molecular weight excluding hydrogens is 338 g/mol.